The number of halogens is 2. The smallest absolute Gasteiger partial charge is 0.161 e. The topological polar surface area (TPSA) is 73.5 Å². The zero-order valence-corrected chi connectivity index (χ0v) is 17.9. The van der Waals surface area contributed by atoms with Crippen molar-refractivity contribution >= 4 is 23.2 Å². The van der Waals surface area contributed by atoms with Crippen molar-refractivity contribution in [3.8, 4) is 16.9 Å². The van der Waals surface area contributed by atoms with E-state index in [0.717, 1.165) is 40.4 Å². The molecular formula is C21H21ClFN7. The van der Waals surface area contributed by atoms with Gasteiger partial charge in [-0.05, 0) is 44.5 Å². The second-order valence-electron chi connectivity index (χ2n) is 6.94. The van der Waals surface area contributed by atoms with Crippen LogP contribution >= 0.6 is 11.6 Å². The summed E-state index contributed by atoms with van der Waals surface area (Å²) in [5.74, 6) is 1.10. The molecule has 0 aliphatic rings. The lowest BCUT2D eigenvalue weighted by Gasteiger charge is -2.13. The minimum Gasteiger partial charge on any atom is -0.323 e. The Labute approximate surface area is 178 Å². The fourth-order valence-electron chi connectivity index (χ4n) is 3.44. The zero-order valence-electron chi connectivity index (χ0n) is 17.1. The number of rotatable bonds is 5. The lowest BCUT2D eigenvalue weighted by Crippen LogP contribution is -2.09. The van der Waals surface area contributed by atoms with E-state index in [9.17, 15) is 4.39 Å². The normalized spacial score (nSPS) is 11.1. The molecule has 9 heteroatoms. The highest BCUT2D eigenvalue weighted by atomic mass is 35.5. The number of hydrogen-bond acceptors (Lipinski definition) is 5. The van der Waals surface area contributed by atoms with Gasteiger partial charge in [-0.1, -0.05) is 18.5 Å². The van der Waals surface area contributed by atoms with Crippen molar-refractivity contribution in [1.82, 2.24) is 29.5 Å². The molecule has 0 radical (unpaired) electrons. The zero-order chi connectivity index (χ0) is 21.4. The lowest BCUT2D eigenvalue weighted by atomic mass is 10.1. The summed E-state index contributed by atoms with van der Waals surface area (Å²) in [4.78, 5) is 8.58. The molecule has 0 saturated carbocycles. The average Bonchev–Trinajstić information content (AvgIpc) is 3.19. The molecule has 0 aliphatic carbocycles. The average molecular weight is 426 g/mol. The molecule has 30 heavy (non-hydrogen) atoms. The maximum absolute atomic E-state index is 13.4. The molecule has 0 fully saturated rings. The van der Waals surface area contributed by atoms with E-state index in [-0.39, 0.29) is 5.82 Å². The van der Waals surface area contributed by atoms with Crippen LogP contribution in [0.1, 0.15) is 23.9 Å². The Balaban J connectivity index is 1.79. The molecule has 4 rings (SSSR count). The molecule has 4 aromatic rings. The van der Waals surface area contributed by atoms with Crippen molar-refractivity contribution in [2.24, 2.45) is 7.05 Å². The monoisotopic (exact) mass is 425 g/mol. The van der Waals surface area contributed by atoms with Crippen LogP contribution in [0.25, 0.3) is 16.9 Å². The predicted molar refractivity (Wildman–Crippen MR) is 115 cm³/mol. The van der Waals surface area contributed by atoms with Gasteiger partial charge in [0.15, 0.2) is 5.82 Å². The molecule has 3 heterocycles. The number of aryl methyl sites for hydroxylation is 2. The van der Waals surface area contributed by atoms with Gasteiger partial charge >= 0.3 is 0 Å². The SMILES string of the molecule is CCc1c(-c2ccc(F)cc2)nn(C)c1Nc1ncncc1-n1nc(C)c(Cl)c1C. The van der Waals surface area contributed by atoms with E-state index in [4.69, 9.17) is 11.6 Å². The van der Waals surface area contributed by atoms with E-state index in [0.29, 0.717) is 16.5 Å². The summed E-state index contributed by atoms with van der Waals surface area (Å²) in [5.41, 5.74) is 4.87. The second-order valence-corrected chi connectivity index (χ2v) is 7.32. The van der Waals surface area contributed by atoms with E-state index in [1.165, 1.54) is 18.5 Å². The van der Waals surface area contributed by atoms with Crippen molar-refractivity contribution in [3.63, 3.8) is 0 Å². The number of hydrogen-bond donors (Lipinski definition) is 1. The third-order valence-corrected chi connectivity index (χ3v) is 5.52. The van der Waals surface area contributed by atoms with Gasteiger partial charge < -0.3 is 5.32 Å². The Kier molecular flexibility index (Phi) is 5.26. The van der Waals surface area contributed by atoms with Crippen LogP contribution in [0.15, 0.2) is 36.8 Å². The summed E-state index contributed by atoms with van der Waals surface area (Å²) in [5, 5.41) is 13.2. The molecule has 7 nitrogen and oxygen atoms in total. The summed E-state index contributed by atoms with van der Waals surface area (Å²) < 4.78 is 16.8. The lowest BCUT2D eigenvalue weighted by molar-refractivity contribution is 0.628. The highest BCUT2D eigenvalue weighted by Crippen LogP contribution is 2.32. The van der Waals surface area contributed by atoms with Crippen LogP contribution in [0.5, 0.6) is 0 Å². The molecule has 0 saturated heterocycles. The third-order valence-electron chi connectivity index (χ3n) is 4.98. The van der Waals surface area contributed by atoms with Gasteiger partial charge in [-0.25, -0.2) is 19.0 Å². The predicted octanol–water partition coefficient (Wildman–Crippen LogP) is 4.78. The molecule has 0 atom stereocenters. The van der Waals surface area contributed by atoms with Crippen molar-refractivity contribution < 1.29 is 4.39 Å². The van der Waals surface area contributed by atoms with Crippen molar-refractivity contribution in [2.75, 3.05) is 5.32 Å². The highest BCUT2D eigenvalue weighted by molar-refractivity contribution is 6.31. The quantitative estimate of drug-likeness (QED) is 0.498. The Morgan fingerprint density at radius 2 is 1.87 bits per heavy atom. The fourth-order valence-corrected chi connectivity index (χ4v) is 3.56. The molecule has 0 spiro atoms. The number of nitrogens with one attached hydrogen (secondary N) is 1. The van der Waals surface area contributed by atoms with Gasteiger partial charge in [0.2, 0.25) is 0 Å². The first-order valence-corrected chi connectivity index (χ1v) is 9.89. The van der Waals surface area contributed by atoms with Crippen LogP contribution in [-0.2, 0) is 13.5 Å². The van der Waals surface area contributed by atoms with Gasteiger partial charge in [0.25, 0.3) is 0 Å². The third kappa shape index (κ3) is 3.43. The number of benzene rings is 1. The van der Waals surface area contributed by atoms with Crippen molar-refractivity contribution in [1.29, 1.82) is 0 Å². The van der Waals surface area contributed by atoms with Crippen molar-refractivity contribution in [2.45, 2.75) is 27.2 Å². The fraction of sp³-hybridized carbons (Fsp3) is 0.238. The first-order valence-electron chi connectivity index (χ1n) is 9.51. The Morgan fingerprint density at radius 1 is 1.13 bits per heavy atom. The molecule has 1 aromatic carbocycles. The first-order chi connectivity index (χ1) is 14.4. The number of aromatic nitrogens is 6. The first kappa shape index (κ1) is 20.0. The molecular weight excluding hydrogens is 405 g/mol. The van der Waals surface area contributed by atoms with E-state index in [1.54, 1.807) is 27.7 Å². The van der Waals surface area contributed by atoms with Crippen LogP contribution in [0.4, 0.5) is 16.0 Å². The standard InChI is InChI=1S/C21H21ClFN7/c1-5-16-19(14-6-8-15(23)9-7-14)28-29(4)21(16)26-20-17(10-24-11-25-20)30-13(3)18(22)12(2)27-30/h6-11H,5H2,1-4H3,(H,24,25,26). The van der Waals surface area contributed by atoms with Crippen LogP contribution in [0.2, 0.25) is 5.02 Å². The molecule has 0 unspecified atom stereocenters. The Bertz CT molecular complexity index is 1210. The summed E-state index contributed by atoms with van der Waals surface area (Å²) in [6.07, 6.45) is 3.89. The molecule has 3 aromatic heterocycles. The summed E-state index contributed by atoms with van der Waals surface area (Å²) >= 11 is 6.33. The maximum atomic E-state index is 13.4. The minimum atomic E-state index is -0.278. The Morgan fingerprint density at radius 3 is 2.50 bits per heavy atom. The van der Waals surface area contributed by atoms with Gasteiger partial charge in [-0.3, -0.25) is 4.68 Å². The van der Waals surface area contributed by atoms with Gasteiger partial charge in [-0.15, -0.1) is 0 Å². The number of nitrogens with zero attached hydrogens (tertiary/aromatic N) is 6. The molecule has 0 bridgehead atoms. The number of anilines is 2. The Hall–Kier alpha value is -3.26. The van der Waals surface area contributed by atoms with Crippen LogP contribution in [0, 0.1) is 19.7 Å². The van der Waals surface area contributed by atoms with E-state index in [1.807, 2.05) is 20.9 Å². The molecule has 154 valence electrons. The highest BCUT2D eigenvalue weighted by Gasteiger charge is 2.20. The van der Waals surface area contributed by atoms with Gasteiger partial charge in [-0.2, -0.15) is 10.2 Å². The molecule has 1 N–H and O–H groups in total. The van der Waals surface area contributed by atoms with E-state index < -0.39 is 0 Å². The molecule has 0 aliphatic heterocycles. The molecule has 0 amide bonds. The van der Waals surface area contributed by atoms with Gasteiger partial charge in [0.1, 0.15) is 23.6 Å². The van der Waals surface area contributed by atoms with Gasteiger partial charge in [0, 0.05) is 18.2 Å². The maximum Gasteiger partial charge on any atom is 0.161 e. The summed E-state index contributed by atoms with van der Waals surface area (Å²) in [6, 6.07) is 6.33. The summed E-state index contributed by atoms with van der Waals surface area (Å²) in [7, 11) is 1.86. The minimum absolute atomic E-state index is 0.278. The van der Waals surface area contributed by atoms with E-state index >= 15 is 0 Å². The van der Waals surface area contributed by atoms with Crippen LogP contribution < -0.4 is 5.32 Å². The van der Waals surface area contributed by atoms with Gasteiger partial charge in [0.05, 0.1) is 28.3 Å². The second kappa shape index (κ2) is 7.87. The van der Waals surface area contributed by atoms with E-state index in [2.05, 4.69) is 32.4 Å². The summed E-state index contributed by atoms with van der Waals surface area (Å²) in [6.45, 7) is 5.80. The van der Waals surface area contributed by atoms with Crippen LogP contribution in [-0.4, -0.2) is 29.5 Å². The largest absolute Gasteiger partial charge is 0.323 e. The van der Waals surface area contributed by atoms with Crippen LogP contribution in [0.3, 0.4) is 0 Å². The van der Waals surface area contributed by atoms with Crippen molar-refractivity contribution in [3.05, 3.63) is 64.6 Å².